The largest absolute Gasteiger partial charge is 0.496 e. The van der Waals surface area contributed by atoms with Crippen LogP contribution in [0.3, 0.4) is 0 Å². The van der Waals surface area contributed by atoms with Gasteiger partial charge in [-0.05, 0) is 57.6 Å². The zero-order valence-electron chi connectivity index (χ0n) is 11.0. The number of hydrogen-bond donors (Lipinski definition) is 1. The minimum atomic E-state index is -0.565. The van der Waals surface area contributed by atoms with E-state index >= 15 is 0 Å². The van der Waals surface area contributed by atoms with Crippen LogP contribution in [-0.4, -0.2) is 31.2 Å². The minimum Gasteiger partial charge on any atom is -0.496 e. The summed E-state index contributed by atoms with van der Waals surface area (Å²) in [5, 5.41) is 10.1. The van der Waals surface area contributed by atoms with Crippen LogP contribution < -0.4 is 4.74 Å². The van der Waals surface area contributed by atoms with Gasteiger partial charge in [-0.3, -0.25) is 4.90 Å². The van der Waals surface area contributed by atoms with E-state index < -0.39 is 6.23 Å². The van der Waals surface area contributed by atoms with Crippen molar-refractivity contribution in [2.75, 3.05) is 21.2 Å². The summed E-state index contributed by atoms with van der Waals surface area (Å²) in [5.41, 5.74) is 4.21. The molecule has 1 N–H and O–H groups in total. The minimum absolute atomic E-state index is 0.565. The predicted octanol–water partition coefficient (Wildman–Crippen LogP) is 2.17. The Hall–Kier alpha value is -1.06. The Morgan fingerprint density at radius 2 is 1.75 bits per heavy atom. The fraction of sp³-hybridized carbons (Fsp3) is 0.538. The monoisotopic (exact) mass is 223 g/mol. The van der Waals surface area contributed by atoms with Gasteiger partial charge in [-0.1, -0.05) is 0 Å². The Morgan fingerprint density at radius 3 is 2.19 bits per heavy atom. The van der Waals surface area contributed by atoms with Crippen molar-refractivity contribution in [2.24, 2.45) is 0 Å². The molecular formula is C13H21NO2. The van der Waals surface area contributed by atoms with Crippen molar-refractivity contribution in [1.29, 1.82) is 0 Å². The molecule has 1 aromatic carbocycles. The number of aliphatic hydroxyl groups excluding tert-OH is 1. The van der Waals surface area contributed by atoms with E-state index in [9.17, 15) is 5.11 Å². The van der Waals surface area contributed by atoms with Crippen LogP contribution in [-0.2, 0) is 0 Å². The zero-order chi connectivity index (χ0) is 12.5. The molecule has 3 heteroatoms. The molecule has 0 saturated carbocycles. The van der Waals surface area contributed by atoms with Gasteiger partial charge in [0.2, 0.25) is 0 Å². The van der Waals surface area contributed by atoms with Crippen molar-refractivity contribution in [3.05, 3.63) is 28.3 Å². The number of hydrogen-bond acceptors (Lipinski definition) is 3. The lowest BCUT2D eigenvalue weighted by molar-refractivity contribution is 0.0384. The molecule has 3 nitrogen and oxygen atoms in total. The molecule has 0 aliphatic heterocycles. The molecule has 0 aliphatic rings. The second-order valence-corrected chi connectivity index (χ2v) is 4.40. The third kappa shape index (κ3) is 2.20. The third-order valence-corrected chi connectivity index (χ3v) is 3.08. The molecule has 16 heavy (non-hydrogen) atoms. The number of ether oxygens (including phenoxy) is 1. The molecule has 1 unspecified atom stereocenters. The van der Waals surface area contributed by atoms with Gasteiger partial charge < -0.3 is 9.84 Å². The first-order chi connectivity index (χ1) is 7.40. The average Bonchev–Trinajstić information content (AvgIpc) is 2.23. The maximum Gasteiger partial charge on any atom is 0.133 e. The number of nitrogens with zero attached hydrogens (tertiary/aromatic N) is 1. The van der Waals surface area contributed by atoms with E-state index in [0.717, 1.165) is 28.0 Å². The average molecular weight is 223 g/mol. The third-order valence-electron chi connectivity index (χ3n) is 3.08. The first-order valence-electron chi connectivity index (χ1n) is 5.39. The van der Waals surface area contributed by atoms with Crippen molar-refractivity contribution >= 4 is 0 Å². The number of benzene rings is 1. The van der Waals surface area contributed by atoms with Gasteiger partial charge in [-0.2, -0.15) is 0 Å². The highest BCUT2D eigenvalue weighted by Crippen LogP contribution is 2.31. The molecule has 0 saturated heterocycles. The van der Waals surface area contributed by atoms with Crippen LogP contribution in [0.2, 0.25) is 0 Å². The molecule has 0 bridgehead atoms. The molecule has 1 rings (SSSR count). The van der Waals surface area contributed by atoms with Crippen LogP contribution in [0.5, 0.6) is 5.75 Å². The van der Waals surface area contributed by atoms with Crippen LogP contribution in [0.15, 0.2) is 6.07 Å². The maximum atomic E-state index is 10.1. The fourth-order valence-electron chi connectivity index (χ4n) is 1.93. The van der Waals surface area contributed by atoms with E-state index in [1.807, 2.05) is 40.9 Å². The standard InChI is InChI=1S/C13H21NO2/c1-8-7-11(16-6)9(2)10(3)12(8)13(15)14(4)5/h7,13,15H,1-6H3. The Balaban J connectivity index is 3.36. The number of methoxy groups -OCH3 is 1. The summed E-state index contributed by atoms with van der Waals surface area (Å²) in [6.07, 6.45) is -0.565. The summed E-state index contributed by atoms with van der Waals surface area (Å²) < 4.78 is 5.31. The molecule has 0 amide bonds. The Labute approximate surface area is 97.7 Å². The van der Waals surface area contributed by atoms with Crippen molar-refractivity contribution in [2.45, 2.75) is 27.0 Å². The Bertz CT molecular complexity index is 386. The molecular weight excluding hydrogens is 202 g/mol. The molecule has 0 spiro atoms. The Kier molecular flexibility index (Phi) is 3.94. The van der Waals surface area contributed by atoms with E-state index in [-0.39, 0.29) is 0 Å². The molecule has 0 fully saturated rings. The van der Waals surface area contributed by atoms with E-state index in [4.69, 9.17) is 4.74 Å². The zero-order valence-corrected chi connectivity index (χ0v) is 11.0. The first kappa shape index (κ1) is 13.0. The van der Waals surface area contributed by atoms with E-state index in [0.29, 0.717) is 0 Å². The van der Waals surface area contributed by atoms with Crippen LogP contribution in [0, 0.1) is 20.8 Å². The lowest BCUT2D eigenvalue weighted by Crippen LogP contribution is -2.21. The van der Waals surface area contributed by atoms with Crippen molar-refractivity contribution in [3.63, 3.8) is 0 Å². The second kappa shape index (κ2) is 4.85. The van der Waals surface area contributed by atoms with E-state index in [1.54, 1.807) is 12.0 Å². The summed E-state index contributed by atoms with van der Waals surface area (Å²) in [5.74, 6) is 0.879. The Morgan fingerprint density at radius 1 is 1.19 bits per heavy atom. The van der Waals surface area contributed by atoms with Gasteiger partial charge in [-0.15, -0.1) is 0 Å². The normalized spacial score (nSPS) is 13.0. The van der Waals surface area contributed by atoms with Crippen molar-refractivity contribution < 1.29 is 9.84 Å². The molecule has 1 aromatic rings. The van der Waals surface area contributed by atoms with Gasteiger partial charge in [0.25, 0.3) is 0 Å². The molecule has 1 atom stereocenters. The van der Waals surface area contributed by atoms with Gasteiger partial charge in [0.05, 0.1) is 7.11 Å². The predicted molar refractivity (Wildman–Crippen MR) is 65.9 cm³/mol. The second-order valence-electron chi connectivity index (χ2n) is 4.40. The number of aliphatic hydroxyl groups is 1. The summed E-state index contributed by atoms with van der Waals surface area (Å²) in [7, 11) is 5.40. The topological polar surface area (TPSA) is 32.7 Å². The van der Waals surface area contributed by atoms with Gasteiger partial charge in [0.15, 0.2) is 0 Å². The van der Waals surface area contributed by atoms with Crippen molar-refractivity contribution in [1.82, 2.24) is 4.90 Å². The van der Waals surface area contributed by atoms with Gasteiger partial charge in [-0.25, -0.2) is 0 Å². The highest BCUT2D eigenvalue weighted by molar-refractivity contribution is 5.48. The van der Waals surface area contributed by atoms with Crippen LogP contribution in [0.1, 0.15) is 28.5 Å². The van der Waals surface area contributed by atoms with Crippen LogP contribution in [0.4, 0.5) is 0 Å². The summed E-state index contributed by atoms with van der Waals surface area (Å²) in [4.78, 5) is 1.79. The number of aryl methyl sites for hydroxylation is 1. The summed E-state index contributed by atoms with van der Waals surface area (Å²) in [6.45, 7) is 6.03. The summed E-state index contributed by atoms with van der Waals surface area (Å²) >= 11 is 0. The fourth-order valence-corrected chi connectivity index (χ4v) is 1.93. The quantitative estimate of drug-likeness (QED) is 0.797. The van der Waals surface area contributed by atoms with Crippen LogP contribution >= 0.6 is 0 Å². The highest BCUT2D eigenvalue weighted by Gasteiger charge is 2.18. The van der Waals surface area contributed by atoms with Gasteiger partial charge in [0.1, 0.15) is 12.0 Å². The van der Waals surface area contributed by atoms with Gasteiger partial charge in [0, 0.05) is 5.56 Å². The molecule has 0 aromatic heterocycles. The molecule has 0 heterocycles. The maximum absolute atomic E-state index is 10.1. The van der Waals surface area contributed by atoms with E-state index in [1.165, 1.54) is 0 Å². The van der Waals surface area contributed by atoms with E-state index in [2.05, 4.69) is 0 Å². The smallest absolute Gasteiger partial charge is 0.133 e. The number of rotatable bonds is 3. The van der Waals surface area contributed by atoms with Crippen LogP contribution in [0.25, 0.3) is 0 Å². The molecule has 0 aliphatic carbocycles. The SMILES string of the molecule is COc1cc(C)c(C(O)N(C)C)c(C)c1C. The van der Waals surface area contributed by atoms with Crippen molar-refractivity contribution in [3.8, 4) is 5.75 Å². The lowest BCUT2D eigenvalue weighted by atomic mass is 9.96. The lowest BCUT2D eigenvalue weighted by Gasteiger charge is -2.24. The molecule has 90 valence electrons. The highest BCUT2D eigenvalue weighted by atomic mass is 16.5. The first-order valence-corrected chi connectivity index (χ1v) is 5.39. The summed E-state index contributed by atoms with van der Waals surface area (Å²) in [6, 6.07) is 1.98. The molecule has 0 radical (unpaired) electrons. The van der Waals surface area contributed by atoms with Gasteiger partial charge >= 0.3 is 0 Å².